The lowest BCUT2D eigenvalue weighted by Crippen LogP contribution is -2.24. The Hall–Kier alpha value is -3.17. The van der Waals surface area contributed by atoms with Crippen LogP contribution < -0.4 is 9.47 Å². The minimum absolute atomic E-state index is 0.0104. The zero-order chi connectivity index (χ0) is 35.3. The molecule has 2 aromatic rings. The number of aromatic hydroxyl groups is 1. The van der Waals surface area contributed by atoms with Crippen molar-refractivity contribution in [3.05, 3.63) is 70.8 Å². The Morgan fingerprint density at radius 1 is 0.688 bits per heavy atom. The second-order valence-electron chi connectivity index (χ2n) is 13.7. The Morgan fingerprint density at radius 2 is 1.23 bits per heavy atom. The Balaban J connectivity index is 1.88. The minimum Gasteiger partial charge on any atom is -0.507 e. The van der Waals surface area contributed by atoms with Gasteiger partial charge < -0.3 is 34.2 Å². The fourth-order valence-electron chi connectivity index (χ4n) is 5.27. The number of phenols is 1. The standard InChI is InChI=1S/C40H64N4O4/c1-33(2)15-21-37-39(48-32-12-10-28-44(8)30-14-26-42(5)6)24-22-36(40(37)46)38(45)23-18-34-16-19-35(20-17-34)47-31-11-9-27-43(7)29-13-25-41(3)4/h15-20,22-24,46H,9-14,21,25-32H2,1-8H3/b23-18+. The lowest BCUT2D eigenvalue weighted by Gasteiger charge is -2.18. The highest BCUT2D eigenvalue weighted by Gasteiger charge is 2.17. The number of carbonyl (C=O) groups excluding carboxylic acids is 1. The van der Waals surface area contributed by atoms with Crippen molar-refractivity contribution < 1.29 is 19.4 Å². The van der Waals surface area contributed by atoms with Gasteiger partial charge in [-0.05, 0) is 176 Å². The molecule has 0 saturated heterocycles. The van der Waals surface area contributed by atoms with E-state index in [0.29, 0.717) is 30.9 Å². The summed E-state index contributed by atoms with van der Waals surface area (Å²) < 4.78 is 12.1. The third-order valence-corrected chi connectivity index (χ3v) is 8.21. The lowest BCUT2D eigenvalue weighted by atomic mass is 10.00. The summed E-state index contributed by atoms with van der Waals surface area (Å²) in [5, 5.41) is 11.2. The summed E-state index contributed by atoms with van der Waals surface area (Å²) in [5.41, 5.74) is 2.95. The van der Waals surface area contributed by atoms with Gasteiger partial charge in [-0.1, -0.05) is 29.9 Å². The highest BCUT2D eigenvalue weighted by atomic mass is 16.5. The molecule has 2 rings (SSSR count). The van der Waals surface area contributed by atoms with Crippen LogP contribution >= 0.6 is 0 Å². The smallest absolute Gasteiger partial charge is 0.189 e. The first-order valence-corrected chi connectivity index (χ1v) is 17.7. The molecular weight excluding hydrogens is 600 g/mol. The number of ketones is 1. The van der Waals surface area contributed by atoms with E-state index in [1.54, 1.807) is 12.1 Å². The van der Waals surface area contributed by atoms with Crippen molar-refractivity contribution in [1.29, 1.82) is 0 Å². The van der Waals surface area contributed by atoms with Crippen LogP contribution in [0.4, 0.5) is 0 Å². The molecule has 0 radical (unpaired) electrons. The van der Waals surface area contributed by atoms with Crippen molar-refractivity contribution in [3.8, 4) is 17.2 Å². The molecule has 2 aromatic carbocycles. The van der Waals surface area contributed by atoms with Gasteiger partial charge in [0.05, 0.1) is 18.8 Å². The first kappa shape index (κ1) is 41.0. The van der Waals surface area contributed by atoms with E-state index in [2.05, 4.69) is 61.9 Å². The molecule has 0 amide bonds. The summed E-state index contributed by atoms with van der Waals surface area (Å²) in [6.07, 6.45) is 12.2. The van der Waals surface area contributed by atoms with Gasteiger partial charge in [0.2, 0.25) is 0 Å². The number of hydrogen-bond donors (Lipinski definition) is 1. The molecule has 8 nitrogen and oxygen atoms in total. The Kier molecular flexibility index (Phi) is 19.8. The molecule has 0 bridgehead atoms. The Bertz CT molecular complexity index is 1250. The molecule has 1 N–H and O–H groups in total. The van der Waals surface area contributed by atoms with Gasteiger partial charge in [-0.2, -0.15) is 0 Å². The Morgan fingerprint density at radius 3 is 1.77 bits per heavy atom. The Labute approximate surface area is 292 Å². The minimum atomic E-state index is -0.248. The highest BCUT2D eigenvalue weighted by Crippen LogP contribution is 2.33. The molecule has 0 aliphatic heterocycles. The van der Waals surface area contributed by atoms with Crippen LogP contribution in [0.1, 0.15) is 73.9 Å². The van der Waals surface area contributed by atoms with E-state index in [-0.39, 0.29) is 17.1 Å². The number of carbonyl (C=O) groups is 1. The van der Waals surface area contributed by atoms with Gasteiger partial charge in [0, 0.05) is 5.56 Å². The number of hydrogen-bond acceptors (Lipinski definition) is 8. The zero-order valence-corrected chi connectivity index (χ0v) is 31.3. The third kappa shape index (κ3) is 17.3. The van der Waals surface area contributed by atoms with E-state index in [0.717, 1.165) is 88.3 Å². The van der Waals surface area contributed by atoms with E-state index >= 15 is 0 Å². The molecule has 0 spiro atoms. The second-order valence-corrected chi connectivity index (χ2v) is 13.7. The summed E-state index contributed by atoms with van der Waals surface area (Å²) >= 11 is 0. The summed E-state index contributed by atoms with van der Waals surface area (Å²) in [4.78, 5) is 22.4. The fraction of sp³-hybridized carbons (Fsp3) is 0.575. The lowest BCUT2D eigenvalue weighted by molar-refractivity contribution is 0.104. The van der Waals surface area contributed by atoms with Gasteiger partial charge in [-0.15, -0.1) is 0 Å². The van der Waals surface area contributed by atoms with Crippen molar-refractivity contribution in [3.63, 3.8) is 0 Å². The van der Waals surface area contributed by atoms with E-state index < -0.39 is 0 Å². The molecule has 0 aliphatic rings. The molecule has 0 atom stereocenters. The molecule has 0 saturated carbocycles. The van der Waals surface area contributed by atoms with Gasteiger partial charge in [-0.3, -0.25) is 4.79 Å². The van der Waals surface area contributed by atoms with E-state index in [9.17, 15) is 9.90 Å². The van der Waals surface area contributed by atoms with Crippen LogP contribution in [0, 0.1) is 0 Å². The number of phenolic OH excluding ortho intramolecular Hbond substituents is 1. The topological polar surface area (TPSA) is 68.7 Å². The predicted octanol–water partition coefficient (Wildman–Crippen LogP) is 6.88. The summed E-state index contributed by atoms with van der Waals surface area (Å²) in [6, 6.07) is 11.2. The monoisotopic (exact) mass is 664 g/mol. The SMILES string of the molecule is CC(C)=CCc1c(OCCCCN(C)CCCN(C)C)ccc(C(=O)/C=C/c2ccc(OCCCCN(C)CCCN(C)C)cc2)c1O. The third-order valence-electron chi connectivity index (χ3n) is 8.21. The van der Waals surface area contributed by atoms with Gasteiger partial charge in [-0.25, -0.2) is 0 Å². The molecule has 0 fully saturated rings. The predicted molar refractivity (Wildman–Crippen MR) is 202 cm³/mol. The maximum absolute atomic E-state index is 13.2. The van der Waals surface area contributed by atoms with Crippen molar-refractivity contribution in [2.75, 3.05) is 94.8 Å². The second kappa shape index (κ2) is 23.2. The molecular formula is C40H64N4O4. The average molecular weight is 665 g/mol. The van der Waals surface area contributed by atoms with Crippen LogP contribution in [-0.2, 0) is 6.42 Å². The zero-order valence-electron chi connectivity index (χ0n) is 31.3. The summed E-state index contributed by atoms with van der Waals surface area (Å²) in [7, 11) is 12.8. The quantitative estimate of drug-likeness (QED) is 0.0534. The van der Waals surface area contributed by atoms with Crippen molar-refractivity contribution in [2.45, 2.75) is 58.8 Å². The molecule has 0 aromatic heterocycles. The number of rotatable bonds is 25. The number of ether oxygens (including phenoxy) is 2. The first-order valence-electron chi connectivity index (χ1n) is 17.7. The number of allylic oxidation sites excluding steroid dienone is 3. The van der Waals surface area contributed by atoms with Gasteiger partial charge in [0.25, 0.3) is 0 Å². The van der Waals surface area contributed by atoms with Gasteiger partial charge >= 0.3 is 0 Å². The van der Waals surface area contributed by atoms with Crippen LogP contribution in [0.3, 0.4) is 0 Å². The maximum atomic E-state index is 13.2. The fourth-order valence-corrected chi connectivity index (χ4v) is 5.27. The van der Waals surface area contributed by atoms with Crippen LogP contribution in [0.15, 0.2) is 54.1 Å². The molecule has 0 aliphatic carbocycles. The first-order chi connectivity index (χ1) is 23.0. The van der Waals surface area contributed by atoms with E-state index in [4.69, 9.17) is 9.47 Å². The normalized spacial score (nSPS) is 11.8. The molecule has 0 heterocycles. The maximum Gasteiger partial charge on any atom is 0.189 e. The largest absolute Gasteiger partial charge is 0.507 e. The van der Waals surface area contributed by atoms with Crippen LogP contribution in [0.25, 0.3) is 6.08 Å². The van der Waals surface area contributed by atoms with Crippen molar-refractivity contribution in [1.82, 2.24) is 19.6 Å². The number of unbranched alkanes of at least 4 members (excludes halogenated alkanes) is 2. The van der Waals surface area contributed by atoms with Crippen LogP contribution in [-0.4, -0.2) is 125 Å². The average Bonchev–Trinajstić information content (AvgIpc) is 3.03. The van der Waals surface area contributed by atoms with E-state index in [1.165, 1.54) is 12.5 Å². The van der Waals surface area contributed by atoms with E-state index in [1.807, 2.05) is 50.3 Å². The van der Waals surface area contributed by atoms with Gasteiger partial charge in [0.1, 0.15) is 17.2 Å². The van der Waals surface area contributed by atoms with Crippen LogP contribution in [0.2, 0.25) is 0 Å². The van der Waals surface area contributed by atoms with Crippen LogP contribution in [0.5, 0.6) is 17.2 Å². The summed E-state index contributed by atoms with van der Waals surface area (Å²) in [6.45, 7) is 11.8. The molecule has 0 unspecified atom stereocenters. The molecule has 268 valence electrons. The summed E-state index contributed by atoms with van der Waals surface area (Å²) in [5.74, 6) is 1.19. The number of benzene rings is 2. The van der Waals surface area contributed by atoms with Crippen molar-refractivity contribution in [2.24, 2.45) is 0 Å². The van der Waals surface area contributed by atoms with Gasteiger partial charge in [0.15, 0.2) is 5.78 Å². The highest BCUT2D eigenvalue weighted by molar-refractivity contribution is 6.09. The molecule has 48 heavy (non-hydrogen) atoms. The molecule has 8 heteroatoms. The number of nitrogens with zero attached hydrogens (tertiary/aromatic N) is 4. The van der Waals surface area contributed by atoms with Crippen molar-refractivity contribution >= 4 is 11.9 Å².